The minimum atomic E-state index is -0.220. The lowest BCUT2D eigenvalue weighted by molar-refractivity contribution is 0.101. The molecule has 2 aromatic rings. The second-order valence-electron chi connectivity index (χ2n) is 4.88. The summed E-state index contributed by atoms with van der Waals surface area (Å²) in [6.45, 7) is 5.91. The molecule has 0 saturated carbocycles. The van der Waals surface area contributed by atoms with E-state index in [0.717, 1.165) is 24.9 Å². The summed E-state index contributed by atoms with van der Waals surface area (Å²) in [5.41, 5.74) is 0.653. The number of Topliss-reactive ketones (excluding diaryl/α,β-unsaturated/α-hetero) is 1. The van der Waals surface area contributed by atoms with E-state index >= 15 is 0 Å². The number of hydrogen-bond donors (Lipinski definition) is 2. The average Bonchev–Trinajstić information content (AvgIpc) is 2.53. The molecule has 1 aromatic heterocycles. The molecule has 0 aliphatic heterocycles. The van der Waals surface area contributed by atoms with Crippen LogP contribution in [-0.4, -0.2) is 30.7 Å². The second kappa shape index (κ2) is 7.61. The lowest BCUT2D eigenvalue weighted by Gasteiger charge is -2.07. The quantitative estimate of drug-likeness (QED) is 0.355. The first kappa shape index (κ1) is 16.0. The third kappa shape index (κ3) is 3.85. The smallest absolute Gasteiger partial charge is 0.266 e. The standard InChI is InChI=1S/C16H20N2O4/c1-3-17-7-4-8-21-13-6-5-12-9-14(11(2)19)16(18-20)22-15(12)10-13/h5-6,9-10,17,20H,3-4,7-8H2,1-2H3. The van der Waals surface area contributed by atoms with E-state index in [9.17, 15) is 4.79 Å². The summed E-state index contributed by atoms with van der Waals surface area (Å²) in [6.07, 6.45) is 0.906. The molecule has 6 heteroatoms. The third-order valence-corrected chi connectivity index (χ3v) is 3.21. The van der Waals surface area contributed by atoms with Gasteiger partial charge in [-0.2, -0.15) is 0 Å². The van der Waals surface area contributed by atoms with Gasteiger partial charge in [0.05, 0.1) is 12.2 Å². The lowest BCUT2D eigenvalue weighted by Crippen LogP contribution is -2.16. The Morgan fingerprint density at radius 3 is 2.91 bits per heavy atom. The highest BCUT2D eigenvalue weighted by atomic mass is 16.5. The molecule has 0 unspecified atom stereocenters. The Bertz CT molecular complexity index is 722. The van der Waals surface area contributed by atoms with E-state index in [2.05, 4.69) is 17.4 Å². The first-order chi connectivity index (χ1) is 10.7. The minimum absolute atomic E-state index is 0.0932. The minimum Gasteiger partial charge on any atom is -0.493 e. The highest BCUT2D eigenvalue weighted by molar-refractivity contribution is 5.96. The van der Waals surface area contributed by atoms with Crippen LogP contribution < -0.4 is 15.6 Å². The number of ketones is 1. The van der Waals surface area contributed by atoms with Gasteiger partial charge in [0.25, 0.3) is 5.55 Å². The van der Waals surface area contributed by atoms with E-state index in [1.807, 2.05) is 12.1 Å². The molecule has 118 valence electrons. The van der Waals surface area contributed by atoms with Crippen LogP contribution in [0.1, 0.15) is 30.6 Å². The van der Waals surface area contributed by atoms with Crippen molar-refractivity contribution in [3.8, 4) is 5.75 Å². The Balaban J connectivity index is 2.20. The average molecular weight is 304 g/mol. The van der Waals surface area contributed by atoms with Gasteiger partial charge >= 0.3 is 0 Å². The van der Waals surface area contributed by atoms with Crippen molar-refractivity contribution in [1.82, 2.24) is 5.32 Å². The Labute approximate surface area is 128 Å². The largest absolute Gasteiger partial charge is 0.493 e. The van der Waals surface area contributed by atoms with Crippen molar-refractivity contribution in [2.45, 2.75) is 20.3 Å². The predicted octanol–water partition coefficient (Wildman–Crippen LogP) is 2.30. The number of nitrogens with zero attached hydrogens (tertiary/aromatic N) is 1. The van der Waals surface area contributed by atoms with Crippen molar-refractivity contribution in [3.05, 3.63) is 35.4 Å². The number of nitrogens with one attached hydrogen (secondary N) is 1. The molecule has 0 atom stereocenters. The number of carbonyl (C=O) groups excluding carboxylic acids is 1. The second-order valence-corrected chi connectivity index (χ2v) is 4.88. The van der Waals surface area contributed by atoms with Crippen molar-refractivity contribution < 1.29 is 19.2 Å². The van der Waals surface area contributed by atoms with Gasteiger partial charge in [-0.1, -0.05) is 6.92 Å². The normalized spacial score (nSPS) is 11.8. The van der Waals surface area contributed by atoms with Gasteiger partial charge in [-0.05, 0) is 49.8 Å². The molecule has 2 rings (SSSR count). The maximum absolute atomic E-state index is 11.5. The molecule has 2 N–H and O–H groups in total. The van der Waals surface area contributed by atoms with Crippen LogP contribution in [0.4, 0.5) is 0 Å². The molecule has 0 aliphatic rings. The summed E-state index contributed by atoms with van der Waals surface area (Å²) >= 11 is 0. The molecular weight excluding hydrogens is 284 g/mol. The van der Waals surface area contributed by atoms with Crippen LogP contribution >= 0.6 is 0 Å². The van der Waals surface area contributed by atoms with Crippen molar-refractivity contribution in [3.63, 3.8) is 0 Å². The maximum atomic E-state index is 11.5. The Hall–Kier alpha value is -2.34. The fraction of sp³-hybridized carbons (Fsp3) is 0.375. The van der Waals surface area contributed by atoms with Gasteiger partial charge in [0.1, 0.15) is 11.3 Å². The Kier molecular flexibility index (Phi) is 5.55. The van der Waals surface area contributed by atoms with Crippen LogP contribution in [0.15, 0.2) is 33.8 Å². The monoisotopic (exact) mass is 304 g/mol. The van der Waals surface area contributed by atoms with Gasteiger partial charge in [0.15, 0.2) is 5.78 Å². The molecule has 0 aliphatic carbocycles. The molecule has 0 radical (unpaired) electrons. The Morgan fingerprint density at radius 1 is 1.41 bits per heavy atom. The molecule has 0 bridgehead atoms. The third-order valence-electron chi connectivity index (χ3n) is 3.21. The van der Waals surface area contributed by atoms with E-state index in [4.69, 9.17) is 14.4 Å². The number of rotatable bonds is 7. The first-order valence-electron chi connectivity index (χ1n) is 7.26. The topological polar surface area (TPSA) is 84.1 Å². The van der Waals surface area contributed by atoms with Crippen molar-refractivity contribution in [2.75, 3.05) is 19.7 Å². The lowest BCUT2D eigenvalue weighted by atomic mass is 10.1. The van der Waals surface area contributed by atoms with E-state index in [0.29, 0.717) is 17.9 Å². The van der Waals surface area contributed by atoms with Crippen LogP contribution in [0.2, 0.25) is 0 Å². The number of ether oxygens (including phenoxy) is 1. The van der Waals surface area contributed by atoms with E-state index in [-0.39, 0.29) is 16.9 Å². The fourth-order valence-corrected chi connectivity index (χ4v) is 2.08. The van der Waals surface area contributed by atoms with Crippen LogP contribution in [0.5, 0.6) is 5.75 Å². The zero-order valence-electron chi connectivity index (χ0n) is 12.8. The molecule has 22 heavy (non-hydrogen) atoms. The molecule has 0 fully saturated rings. The van der Waals surface area contributed by atoms with E-state index in [1.165, 1.54) is 6.92 Å². The van der Waals surface area contributed by atoms with Crippen LogP contribution in [0.3, 0.4) is 0 Å². The molecular formula is C16H20N2O4. The predicted molar refractivity (Wildman–Crippen MR) is 82.2 cm³/mol. The highest BCUT2D eigenvalue weighted by Gasteiger charge is 2.09. The van der Waals surface area contributed by atoms with Gasteiger partial charge in [-0.25, -0.2) is 0 Å². The number of carbonyl (C=O) groups is 1. The molecule has 1 heterocycles. The highest BCUT2D eigenvalue weighted by Crippen LogP contribution is 2.20. The molecule has 6 nitrogen and oxygen atoms in total. The molecule has 0 spiro atoms. The van der Waals surface area contributed by atoms with E-state index < -0.39 is 0 Å². The number of fused-ring (bicyclic) bond motifs is 1. The van der Waals surface area contributed by atoms with Crippen LogP contribution in [0, 0.1) is 0 Å². The summed E-state index contributed by atoms with van der Waals surface area (Å²) < 4.78 is 11.1. The first-order valence-corrected chi connectivity index (χ1v) is 7.26. The Morgan fingerprint density at radius 2 is 2.23 bits per heavy atom. The summed E-state index contributed by atoms with van der Waals surface area (Å²) in [7, 11) is 0. The molecule has 0 saturated heterocycles. The summed E-state index contributed by atoms with van der Waals surface area (Å²) in [4.78, 5) is 11.5. The van der Waals surface area contributed by atoms with Crippen molar-refractivity contribution >= 4 is 16.8 Å². The van der Waals surface area contributed by atoms with E-state index in [1.54, 1.807) is 12.1 Å². The number of hydrogen-bond acceptors (Lipinski definition) is 6. The van der Waals surface area contributed by atoms with Gasteiger partial charge in [0.2, 0.25) is 0 Å². The van der Waals surface area contributed by atoms with Gasteiger partial charge in [-0.15, -0.1) is 0 Å². The van der Waals surface area contributed by atoms with Crippen molar-refractivity contribution in [2.24, 2.45) is 5.16 Å². The van der Waals surface area contributed by atoms with Gasteiger partial charge in [-0.3, -0.25) is 4.79 Å². The number of benzene rings is 1. The van der Waals surface area contributed by atoms with Gasteiger partial charge < -0.3 is 19.7 Å². The van der Waals surface area contributed by atoms with Crippen LogP contribution in [0.25, 0.3) is 11.0 Å². The molecule has 0 amide bonds. The molecule has 1 aromatic carbocycles. The fourth-order valence-electron chi connectivity index (χ4n) is 2.08. The zero-order valence-corrected chi connectivity index (χ0v) is 12.8. The van der Waals surface area contributed by atoms with Crippen molar-refractivity contribution in [1.29, 1.82) is 0 Å². The summed E-state index contributed by atoms with van der Waals surface area (Å²) in [5, 5.41) is 16.0. The maximum Gasteiger partial charge on any atom is 0.266 e. The zero-order chi connectivity index (χ0) is 15.9. The summed E-state index contributed by atoms with van der Waals surface area (Å²) in [6, 6.07) is 7.00. The van der Waals surface area contributed by atoms with Gasteiger partial charge in [0, 0.05) is 11.5 Å². The van der Waals surface area contributed by atoms with Crippen LogP contribution in [-0.2, 0) is 0 Å². The SMILES string of the molecule is CCNCCCOc1ccc2cc(C(C)=O)c(=NO)oc2c1. The summed E-state index contributed by atoms with van der Waals surface area (Å²) in [5.74, 6) is 0.453.